The van der Waals surface area contributed by atoms with Crippen LogP contribution in [0.2, 0.25) is 0 Å². The number of aromatic hydroxyl groups is 1. The Balaban J connectivity index is 0.000000255. The summed E-state index contributed by atoms with van der Waals surface area (Å²) in [5.41, 5.74) is -1.98. The molecule has 2 fully saturated rings. The summed E-state index contributed by atoms with van der Waals surface area (Å²) in [6.45, 7) is 0. The summed E-state index contributed by atoms with van der Waals surface area (Å²) in [5, 5.41) is 8.67. The van der Waals surface area contributed by atoms with E-state index in [9.17, 15) is 41.5 Å². The van der Waals surface area contributed by atoms with Gasteiger partial charge in [-0.2, -0.15) is 9.97 Å². The average molecular weight is 659 g/mol. The SMILES string of the molecule is C.COC(=O)CC(=O)CCCC1CC1.O=c1cc(CCCC2CC2)c2c(=O)[nH]c(C(F)F)nc2o1.O=c1cc(O)nc(C(F)F)[nH]1. The highest BCUT2D eigenvalue weighted by atomic mass is 19.3. The molecular formula is C30H38F4N4O8. The second-order valence-corrected chi connectivity index (χ2v) is 10.8. The number of fused-ring (bicyclic) bond motifs is 1. The van der Waals surface area contributed by atoms with Crippen LogP contribution in [0.25, 0.3) is 11.1 Å². The molecule has 2 aliphatic carbocycles. The number of aromatic amines is 2. The van der Waals surface area contributed by atoms with Crippen molar-refractivity contribution in [2.24, 2.45) is 11.8 Å². The Morgan fingerprint density at radius 3 is 2.09 bits per heavy atom. The number of Topliss-reactive ketones (excluding diaryl/α,β-unsaturated/α-hetero) is 1. The molecule has 254 valence electrons. The summed E-state index contributed by atoms with van der Waals surface area (Å²) in [6, 6.07) is 1.96. The molecule has 0 saturated heterocycles. The van der Waals surface area contributed by atoms with Gasteiger partial charge in [-0.15, -0.1) is 0 Å². The highest BCUT2D eigenvalue weighted by Gasteiger charge is 2.22. The van der Waals surface area contributed by atoms with Gasteiger partial charge in [-0.25, -0.2) is 22.4 Å². The number of nitrogens with one attached hydrogen (secondary N) is 2. The van der Waals surface area contributed by atoms with Gasteiger partial charge in [0.1, 0.15) is 17.6 Å². The zero-order chi connectivity index (χ0) is 33.1. The molecule has 0 bridgehead atoms. The first-order valence-electron chi connectivity index (χ1n) is 14.4. The Kier molecular flexibility index (Phi) is 14.8. The molecular weight excluding hydrogens is 620 g/mol. The number of ether oxygens (including phenoxy) is 1. The van der Waals surface area contributed by atoms with Gasteiger partial charge in [-0.3, -0.25) is 19.2 Å². The fraction of sp³-hybridized carbons (Fsp3) is 0.567. The average Bonchev–Trinajstić information content (AvgIpc) is 3.89. The number of methoxy groups -OCH3 is 1. The fourth-order valence-electron chi connectivity index (χ4n) is 4.34. The van der Waals surface area contributed by atoms with Crippen molar-refractivity contribution < 1.29 is 41.4 Å². The molecule has 16 heteroatoms. The standard InChI is InChI=1S/C14H14F2N2O3.C10H16O3.C5H4F2N2O2.CH4/c15-11(16)12-17-13(20)10-8(3-1-2-7-4-5-7)6-9(19)21-14(10)18-12;1-13-10(12)7-9(11)4-2-3-8-5-6-8;6-4(7)5-8-2(10)1-3(11)9-5;/h6-7,11H,1-5H2,(H,17,18,20);8H,2-7H2,1H3;1,4H,(H2,8,9,10,11);1H4. The van der Waals surface area contributed by atoms with Gasteiger partial charge < -0.3 is 24.2 Å². The second kappa shape index (κ2) is 17.9. The van der Waals surface area contributed by atoms with Gasteiger partial charge >= 0.3 is 11.6 Å². The summed E-state index contributed by atoms with van der Waals surface area (Å²) in [7, 11) is 1.31. The number of aryl methyl sites for hydroxylation is 1. The number of aromatic nitrogens is 4. The molecule has 0 atom stereocenters. The summed E-state index contributed by atoms with van der Waals surface area (Å²) in [4.78, 5) is 66.0. The van der Waals surface area contributed by atoms with Gasteiger partial charge in [0, 0.05) is 12.5 Å². The van der Waals surface area contributed by atoms with Crippen molar-refractivity contribution in [2.75, 3.05) is 7.11 Å². The van der Waals surface area contributed by atoms with Crippen molar-refractivity contribution in [2.45, 2.75) is 90.9 Å². The van der Waals surface area contributed by atoms with Crippen molar-refractivity contribution in [1.82, 2.24) is 19.9 Å². The van der Waals surface area contributed by atoms with Crippen molar-refractivity contribution >= 4 is 22.9 Å². The summed E-state index contributed by atoms with van der Waals surface area (Å²) >= 11 is 0. The molecule has 0 amide bonds. The smallest absolute Gasteiger partial charge is 0.337 e. The second-order valence-electron chi connectivity index (χ2n) is 10.8. The quantitative estimate of drug-likeness (QED) is 0.131. The zero-order valence-corrected chi connectivity index (χ0v) is 24.5. The van der Waals surface area contributed by atoms with Crippen LogP contribution in [0.3, 0.4) is 0 Å². The van der Waals surface area contributed by atoms with Crippen LogP contribution >= 0.6 is 0 Å². The van der Waals surface area contributed by atoms with Crippen LogP contribution in [0.5, 0.6) is 5.88 Å². The Morgan fingerprint density at radius 2 is 1.54 bits per heavy atom. The summed E-state index contributed by atoms with van der Waals surface area (Å²) in [6.07, 6.45) is 4.30. The number of esters is 1. The highest BCUT2D eigenvalue weighted by Crippen LogP contribution is 2.34. The van der Waals surface area contributed by atoms with E-state index in [1.807, 2.05) is 4.98 Å². The van der Waals surface area contributed by atoms with E-state index in [1.54, 1.807) is 4.98 Å². The number of rotatable bonds is 12. The Bertz CT molecular complexity index is 1630. The number of hydrogen-bond acceptors (Lipinski definition) is 10. The molecule has 0 spiro atoms. The van der Waals surface area contributed by atoms with Crippen LogP contribution in [-0.4, -0.2) is 43.9 Å². The first-order chi connectivity index (χ1) is 21.4. The van der Waals surface area contributed by atoms with E-state index >= 15 is 0 Å². The number of halogens is 4. The van der Waals surface area contributed by atoms with E-state index in [-0.39, 0.29) is 30.7 Å². The van der Waals surface area contributed by atoms with Crippen molar-refractivity contribution in [3.8, 4) is 5.88 Å². The van der Waals surface area contributed by atoms with Crippen LogP contribution in [0.15, 0.2) is 30.9 Å². The molecule has 3 N–H and O–H groups in total. The lowest BCUT2D eigenvalue weighted by atomic mass is 10.1. The van der Waals surface area contributed by atoms with Gasteiger partial charge in [0.15, 0.2) is 11.6 Å². The Morgan fingerprint density at radius 1 is 0.957 bits per heavy atom. The summed E-state index contributed by atoms with van der Waals surface area (Å²) < 4.78 is 58.0. The van der Waals surface area contributed by atoms with Gasteiger partial charge in [-0.1, -0.05) is 46.0 Å². The van der Waals surface area contributed by atoms with Gasteiger partial charge in [0.05, 0.1) is 13.2 Å². The van der Waals surface area contributed by atoms with Crippen LogP contribution < -0.4 is 16.7 Å². The molecule has 2 saturated carbocycles. The van der Waals surface area contributed by atoms with Crippen LogP contribution in [-0.2, 0) is 20.7 Å². The van der Waals surface area contributed by atoms with Crippen LogP contribution in [0, 0.1) is 11.8 Å². The maximum absolute atomic E-state index is 12.6. The van der Waals surface area contributed by atoms with E-state index in [0.29, 0.717) is 24.5 Å². The van der Waals surface area contributed by atoms with Crippen molar-refractivity contribution in [1.29, 1.82) is 0 Å². The fourth-order valence-corrected chi connectivity index (χ4v) is 4.34. The number of hydrogen-bond donors (Lipinski definition) is 3. The Hall–Kier alpha value is -4.37. The first kappa shape index (κ1) is 37.8. The normalized spacial score (nSPS) is 13.7. The predicted octanol–water partition coefficient (Wildman–Crippen LogP) is 5.29. The minimum absolute atomic E-state index is 0. The highest BCUT2D eigenvalue weighted by molar-refractivity contribution is 5.95. The number of H-pyrrole nitrogens is 2. The van der Waals surface area contributed by atoms with E-state index in [2.05, 4.69) is 14.7 Å². The molecule has 0 unspecified atom stereocenters. The predicted molar refractivity (Wildman–Crippen MR) is 158 cm³/mol. The summed E-state index contributed by atoms with van der Waals surface area (Å²) in [5.74, 6) is -1.11. The molecule has 3 aromatic heterocycles. The monoisotopic (exact) mass is 658 g/mol. The van der Waals surface area contributed by atoms with Crippen LogP contribution in [0.1, 0.15) is 102 Å². The van der Waals surface area contributed by atoms with Gasteiger partial charge in [0.2, 0.25) is 11.6 Å². The van der Waals surface area contributed by atoms with E-state index in [0.717, 1.165) is 37.5 Å². The molecule has 2 aliphatic rings. The van der Waals surface area contributed by atoms with Gasteiger partial charge in [0.25, 0.3) is 24.0 Å². The number of carbonyl (C=O) groups is 2. The largest absolute Gasteiger partial charge is 0.493 e. The lowest BCUT2D eigenvalue weighted by Crippen LogP contribution is -2.16. The lowest BCUT2D eigenvalue weighted by Gasteiger charge is -2.05. The zero-order valence-electron chi connectivity index (χ0n) is 24.5. The maximum Gasteiger partial charge on any atom is 0.337 e. The minimum atomic E-state index is -2.93. The van der Waals surface area contributed by atoms with Crippen molar-refractivity contribution in [3.05, 3.63) is 60.5 Å². The maximum atomic E-state index is 12.6. The third-order valence-corrected chi connectivity index (χ3v) is 6.96. The number of ketones is 1. The third kappa shape index (κ3) is 12.9. The third-order valence-electron chi connectivity index (χ3n) is 6.96. The lowest BCUT2D eigenvalue weighted by molar-refractivity contribution is -0.143. The molecule has 3 heterocycles. The van der Waals surface area contributed by atoms with Gasteiger partial charge in [-0.05, 0) is 36.7 Å². The number of alkyl halides is 4. The molecule has 3 aromatic rings. The minimum Gasteiger partial charge on any atom is -0.493 e. The molecule has 5 rings (SSSR count). The molecule has 0 aromatic carbocycles. The molecule has 46 heavy (non-hydrogen) atoms. The molecule has 0 aliphatic heterocycles. The Labute approximate surface area is 260 Å². The van der Waals surface area contributed by atoms with E-state index in [4.69, 9.17) is 9.52 Å². The number of carbonyl (C=O) groups excluding carboxylic acids is 2. The topological polar surface area (TPSA) is 185 Å². The van der Waals surface area contributed by atoms with E-state index < -0.39 is 53.1 Å². The van der Waals surface area contributed by atoms with Crippen LogP contribution in [0.4, 0.5) is 17.6 Å². The van der Waals surface area contributed by atoms with E-state index in [1.165, 1.54) is 38.9 Å². The first-order valence-corrected chi connectivity index (χ1v) is 14.4. The number of nitrogens with zero attached hydrogens (tertiary/aromatic N) is 2. The molecule has 0 radical (unpaired) electrons. The van der Waals surface area contributed by atoms with Crippen molar-refractivity contribution in [3.63, 3.8) is 0 Å². The molecule has 12 nitrogen and oxygen atoms in total.